The Hall–Kier alpha value is -2.20. The SMILES string of the molecule is O=c1c2c(Cl)cccc2nc(C2CCCC2)n1-c1cccnc1. The summed E-state index contributed by atoms with van der Waals surface area (Å²) >= 11 is 6.26. The summed E-state index contributed by atoms with van der Waals surface area (Å²) in [6, 6.07) is 9.14. The van der Waals surface area contributed by atoms with Crippen LogP contribution < -0.4 is 5.56 Å². The van der Waals surface area contributed by atoms with Gasteiger partial charge in [0.2, 0.25) is 0 Å². The highest BCUT2D eigenvalue weighted by Crippen LogP contribution is 2.34. The van der Waals surface area contributed by atoms with E-state index < -0.39 is 0 Å². The quantitative estimate of drug-likeness (QED) is 0.713. The Bertz CT molecular complexity index is 915. The van der Waals surface area contributed by atoms with Crippen molar-refractivity contribution in [3.8, 4) is 5.69 Å². The molecule has 1 saturated carbocycles. The van der Waals surface area contributed by atoms with Crippen LogP contribution in [-0.2, 0) is 0 Å². The maximum Gasteiger partial charge on any atom is 0.267 e. The molecule has 0 atom stereocenters. The Balaban J connectivity index is 2.08. The van der Waals surface area contributed by atoms with Crippen LogP contribution in [0.5, 0.6) is 0 Å². The molecule has 1 fully saturated rings. The Morgan fingerprint density at radius 2 is 1.96 bits per heavy atom. The van der Waals surface area contributed by atoms with Gasteiger partial charge in [0.1, 0.15) is 5.82 Å². The van der Waals surface area contributed by atoms with Gasteiger partial charge in [-0.05, 0) is 37.1 Å². The Labute approximate surface area is 138 Å². The lowest BCUT2D eigenvalue weighted by atomic mass is 10.1. The lowest BCUT2D eigenvalue weighted by Gasteiger charge is -2.17. The molecule has 23 heavy (non-hydrogen) atoms. The third-order valence-corrected chi connectivity index (χ3v) is 4.81. The zero-order valence-electron chi connectivity index (χ0n) is 12.6. The van der Waals surface area contributed by atoms with Gasteiger partial charge in [-0.1, -0.05) is 30.5 Å². The molecule has 0 bridgehead atoms. The lowest BCUT2D eigenvalue weighted by molar-refractivity contribution is 0.638. The normalized spacial score (nSPS) is 15.3. The molecule has 4 nitrogen and oxygen atoms in total. The number of fused-ring (bicyclic) bond motifs is 1. The first-order chi connectivity index (χ1) is 11.3. The van der Waals surface area contributed by atoms with E-state index in [-0.39, 0.29) is 5.56 Å². The minimum absolute atomic E-state index is 0.115. The summed E-state index contributed by atoms with van der Waals surface area (Å²) in [6.07, 6.45) is 7.90. The highest BCUT2D eigenvalue weighted by atomic mass is 35.5. The molecule has 2 heterocycles. The summed E-state index contributed by atoms with van der Waals surface area (Å²) in [4.78, 5) is 22.1. The third-order valence-electron chi connectivity index (χ3n) is 4.50. The molecule has 1 aliphatic rings. The van der Waals surface area contributed by atoms with E-state index in [0.717, 1.165) is 24.4 Å². The Morgan fingerprint density at radius 3 is 2.70 bits per heavy atom. The van der Waals surface area contributed by atoms with Crippen LogP contribution in [0.1, 0.15) is 37.4 Å². The zero-order chi connectivity index (χ0) is 15.8. The molecule has 0 saturated heterocycles. The first-order valence-electron chi connectivity index (χ1n) is 7.87. The molecule has 5 heteroatoms. The molecule has 0 N–H and O–H groups in total. The lowest BCUT2D eigenvalue weighted by Crippen LogP contribution is -2.25. The third kappa shape index (κ3) is 2.43. The van der Waals surface area contributed by atoms with E-state index in [2.05, 4.69) is 4.98 Å². The van der Waals surface area contributed by atoms with Gasteiger partial charge >= 0.3 is 0 Å². The molecule has 0 amide bonds. The van der Waals surface area contributed by atoms with E-state index >= 15 is 0 Å². The van der Waals surface area contributed by atoms with Crippen LogP contribution in [0.25, 0.3) is 16.6 Å². The smallest absolute Gasteiger partial charge is 0.267 e. The molecular formula is C18H16ClN3O. The molecule has 116 valence electrons. The van der Waals surface area contributed by atoms with Crippen LogP contribution in [0.2, 0.25) is 5.02 Å². The van der Waals surface area contributed by atoms with E-state index in [1.54, 1.807) is 23.0 Å². The number of aromatic nitrogens is 3. The van der Waals surface area contributed by atoms with Crippen LogP contribution in [0, 0.1) is 0 Å². The van der Waals surface area contributed by atoms with Gasteiger partial charge in [0.25, 0.3) is 5.56 Å². The van der Waals surface area contributed by atoms with Gasteiger partial charge < -0.3 is 0 Å². The minimum atomic E-state index is -0.115. The number of hydrogen-bond acceptors (Lipinski definition) is 3. The van der Waals surface area contributed by atoms with Crippen molar-refractivity contribution in [2.45, 2.75) is 31.6 Å². The van der Waals surface area contributed by atoms with Crippen LogP contribution in [0.15, 0.2) is 47.5 Å². The van der Waals surface area contributed by atoms with Gasteiger partial charge in [-0.15, -0.1) is 0 Å². The van der Waals surface area contributed by atoms with E-state index in [9.17, 15) is 4.79 Å². The second kappa shape index (κ2) is 5.78. The first-order valence-corrected chi connectivity index (χ1v) is 8.25. The highest BCUT2D eigenvalue weighted by Gasteiger charge is 2.24. The maximum atomic E-state index is 13.1. The van der Waals surface area contributed by atoms with Crippen molar-refractivity contribution in [2.24, 2.45) is 0 Å². The van der Waals surface area contributed by atoms with Gasteiger partial charge in [-0.2, -0.15) is 0 Å². The number of pyridine rings is 1. The van der Waals surface area contributed by atoms with Crippen molar-refractivity contribution in [2.75, 3.05) is 0 Å². The minimum Gasteiger partial charge on any atom is -0.268 e. The fourth-order valence-electron chi connectivity index (χ4n) is 3.40. The number of halogens is 1. The molecule has 1 aliphatic carbocycles. The summed E-state index contributed by atoms with van der Waals surface area (Å²) in [5, 5.41) is 0.912. The van der Waals surface area contributed by atoms with E-state index in [1.165, 1.54) is 12.8 Å². The van der Waals surface area contributed by atoms with Gasteiger partial charge in [0, 0.05) is 12.1 Å². The van der Waals surface area contributed by atoms with Crippen molar-refractivity contribution in [1.82, 2.24) is 14.5 Å². The van der Waals surface area contributed by atoms with Gasteiger partial charge in [-0.25, -0.2) is 4.98 Å². The second-order valence-electron chi connectivity index (χ2n) is 5.94. The average Bonchev–Trinajstić information content (AvgIpc) is 3.09. The monoisotopic (exact) mass is 325 g/mol. The van der Waals surface area contributed by atoms with Gasteiger partial charge in [0.15, 0.2) is 0 Å². The maximum absolute atomic E-state index is 13.1. The molecule has 0 radical (unpaired) electrons. The van der Waals surface area contributed by atoms with E-state index in [4.69, 9.17) is 16.6 Å². The van der Waals surface area contributed by atoms with Crippen molar-refractivity contribution in [1.29, 1.82) is 0 Å². The summed E-state index contributed by atoms with van der Waals surface area (Å²) in [5.74, 6) is 1.14. The largest absolute Gasteiger partial charge is 0.268 e. The Morgan fingerprint density at radius 1 is 1.13 bits per heavy atom. The first kappa shape index (κ1) is 14.4. The predicted octanol–water partition coefficient (Wildman–Crippen LogP) is 4.09. The second-order valence-corrected chi connectivity index (χ2v) is 6.34. The van der Waals surface area contributed by atoms with Crippen molar-refractivity contribution in [3.05, 3.63) is 63.9 Å². The fourth-order valence-corrected chi connectivity index (χ4v) is 3.65. The molecule has 0 aliphatic heterocycles. The summed E-state index contributed by atoms with van der Waals surface area (Å²) in [7, 11) is 0. The standard InChI is InChI=1S/C18H16ClN3O/c19-14-8-3-9-15-16(14)18(23)22(13-7-4-10-20-11-13)17(21-15)12-5-1-2-6-12/h3-4,7-12H,1-2,5-6H2. The molecule has 3 aromatic rings. The topological polar surface area (TPSA) is 47.8 Å². The number of hydrogen-bond donors (Lipinski definition) is 0. The molecule has 4 rings (SSSR count). The number of benzene rings is 1. The van der Waals surface area contributed by atoms with Crippen LogP contribution in [-0.4, -0.2) is 14.5 Å². The summed E-state index contributed by atoms with van der Waals surface area (Å²) < 4.78 is 1.69. The zero-order valence-corrected chi connectivity index (χ0v) is 13.3. The van der Waals surface area contributed by atoms with Gasteiger partial charge in [0.05, 0.1) is 27.8 Å². The fraction of sp³-hybridized carbons (Fsp3) is 0.278. The molecular weight excluding hydrogens is 310 g/mol. The molecule has 1 aromatic carbocycles. The molecule has 2 aromatic heterocycles. The van der Waals surface area contributed by atoms with Crippen LogP contribution in [0.3, 0.4) is 0 Å². The molecule has 0 spiro atoms. The van der Waals surface area contributed by atoms with Gasteiger partial charge in [-0.3, -0.25) is 14.3 Å². The van der Waals surface area contributed by atoms with Crippen LogP contribution in [0.4, 0.5) is 0 Å². The number of nitrogens with zero attached hydrogens (tertiary/aromatic N) is 3. The summed E-state index contributed by atoms with van der Waals surface area (Å²) in [6.45, 7) is 0. The highest BCUT2D eigenvalue weighted by molar-refractivity contribution is 6.35. The van der Waals surface area contributed by atoms with E-state index in [1.807, 2.05) is 24.3 Å². The van der Waals surface area contributed by atoms with Crippen molar-refractivity contribution < 1.29 is 0 Å². The average molecular weight is 326 g/mol. The van der Waals surface area contributed by atoms with Crippen molar-refractivity contribution >= 4 is 22.5 Å². The van der Waals surface area contributed by atoms with Crippen molar-refractivity contribution in [3.63, 3.8) is 0 Å². The van der Waals surface area contributed by atoms with E-state index in [0.29, 0.717) is 21.8 Å². The van der Waals surface area contributed by atoms with Crippen LogP contribution >= 0.6 is 11.6 Å². The Kier molecular flexibility index (Phi) is 3.62. The number of rotatable bonds is 2. The predicted molar refractivity (Wildman–Crippen MR) is 91.4 cm³/mol. The molecule has 0 unspecified atom stereocenters. The summed E-state index contributed by atoms with van der Waals surface area (Å²) in [5.41, 5.74) is 1.30.